The molecule has 2 saturated heterocycles. The van der Waals surface area contributed by atoms with Gasteiger partial charge in [0, 0.05) is 46.4 Å². The Morgan fingerprint density at radius 1 is 1.14 bits per heavy atom. The number of ether oxygens (including phenoxy) is 2. The van der Waals surface area contributed by atoms with Crippen LogP contribution in [-0.2, 0) is 14.3 Å². The van der Waals surface area contributed by atoms with E-state index in [9.17, 15) is 4.79 Å². The van der Waals surface area contributed by atoms with Crippen molar-refractivity contribution < 1.29 is 14.3 Å². The van der Waals surface area contributed by atoms with Crippen LogP contribution in [0.25, 0.3) is 0 Å². The van der Waals surface area contributed by atoms with E-state index in [-0.39, 0.29) is 12.0 Å². The first-order valence-corrected chi connectivity index (χ1v) is 8.92. The fraction of sp³-hybridized carbons (Fsp3) is 0.941. The van der Waals surface area contributed by atoms with Gasteiger partial charge in [-0.15, -0.1) is 0 Å². The SMILES string of the molecule is COC1CCCC(CN2CCN(C(=O)C3CCCO3)CC2)C1. The highest BCUT2D eigenvalue weighted by Gasteiger charge is 2.31. The van der Waals surface area contributed by atoms with Crippen LogP contribution in [0.4, 0.5) is 0 Å². The van der Waals surface area contributed by atoms with Gasteiger partial charge in [-0.25, -0.2) is 0 Å². The third-order valence-electron chi connectivity index (χ3n) is 5.47. The highest BCUT2D eigenvalue weighted by atomic mass is 16.5. The number of amides is 1. The van der Waals surface area contributed by atoms with Crippen LogP contribution in [0.1, 0.15) is 38.5 Å². The van der Waals surface area contributed by atoms with Gasteiger partial charge in [0.15, 0.2) is 0 Å². The maximum Gasteiger partial charge on any atom is 0.251 e. The molecule has 0 aromatic carbocycles. The Balaban J connectivity index is 1.40. The van der Waals surface area contributed by atoms with Gasteiger partial charge in [-0.2, -0.15) is 0 Å². The molecule has 1 amide bonds. The lowest BCUT2D eigenvalue weighted by Gasteiger charge is -2.38. The molecule has 3 rings (SSSR count). The van der Waals surface area contributed by atoms with Crippen LogP contribution in [0, 0.1) is 5.92 Å². The van der Waals surface area contributed by atoms with Crippen LogP contribution < -0.4 is 0 Å². The van der Waals surface area contributed by atoms with Crippen molar-refractivity contribution in [3.05, 3.63) is 0 Å². The van der Waals surface area contributed by atoms with Crippen molar-refractivity contribution in [2.75, 3.05) is 46.4 Å². The molecular weight excluding hydrogens is 280 g/mol. The molecule has 0 bridgehead atoms. The van der Waals surface area contributed by atoms with Crippen LogP contribution in [0.3, 0.4) is 0 Å². The average Bonchev–Trinajstić information content (AvgIpc) is 3.09. The molecule has 126 valence electrons. The quantitative estimate of drug-likeness (QED) is 0.789. The van der Waals surface area contributed by atoms with E-state index in [1.54, 1.807) is 0 Å². The predicted octanol–water partition coefficient (Wildman–Crippen LogP) is 1.51. The lowest BCUT2D eigenvalue weighted by molar-refractivity contribution is -0.142. The summed E-state index contributed by atoms with van der Waals surface area (Å²) in [7, 11) is 1.84. The molecule has 3 fully saturated rings. The van der Waals surface area contributed by atoms with Gasteiger partial charge in [-0.05, 0) is 38.0 Å². The van der Waals surface area contributed by atoms with Crippen LogP contribution in [0.2, 0.25) is 0 Å². The Morgan fingerprint density at radius 2 is 1.95 bits per heavy atom. The summed E-state index contributed by atoms with van der Waals surface area (Å²) >= 11 is 0. The Hall–Kier alpha value is -0.650. The first-order valence-electron chi connectivity index (χ1n) is 8.92. The molecule has 0 radical (unpaired) electrons. The highest BCUT2D eigenvalue weighted by Crippen LogP contribution is 2.27. The van der Waals surface area contributed by atoms with Crippen molar-refractivity contribution in [2.45, 2.75) is 50.7 Å². The molecule has 3 aliphatic rings. The first-order chi connectivity index (χ1) is 10.8. The van der Waals surface area contributed by atoms with Crippen LogP contribution in [0.5, 0.6) is 0 Å². The number of rotatable bonds is 4. The van der Waals surface area contributed by atoms with E-state index in [0.717, 1.165) is 51.5 Å². The van der Waals surface area contributed by atoms with E-state index in [1.165, 1.54) is 32.2 Å². The third-order valence-corrected chi connectivity index (χ3v) is 5.47. The number of hydrogen-bond acceptors (Lipinski definition) is 4. The zero-order valence-corrected chi connectivity index (χ0v) is 13.8. The van der Waals surface area contributed by atoms with E-state index in [2.05, 4.69) is 4.90 Å². The van der Waals surface area contributed by atoms with Gasteiger partial charge in [0.2, 0.25) is 0 Å². The van der Waals surface area contributed by atoms with Crippen molar-refractivity contribution in [1.82, 2.24) is 9.80 Å². The van der Waals surface area contributed by atoms with Crippen molar-refractivity contribution in [3.8, 4) is 0 Å². The maximum atomic E-state index is 12.3. The number of piperazine rings is 1. The van der Waals surface area contributed by atoms with Gasteiger partial charge in [0.25, 0.3) is 5.91 Å². The van der Waals surface area contributed by atoms with Gasteiger partial charge in [-0.1, -0.05) is 6.42 Å². The fourth-order valence-corrected chi connectivity index (χ4v) is 4.11. The summed E-state index contributed by atoms with van der Waals surface area (Å²) in [5, 5.41) is 0. The van der Waals surface area contributed by atoms with Crippen LogP contribution in [0.15, 0.2) is 0 Å². The summed E-state index contributed by atoms with van der Waals surface area (Å²) < 4.78 is 11.1. The zero-order valence-electron chi connectivity index (χ0n) is 13.8. The largest absolute Gasteiger partial charge is 0.381 e. The maximum absolute atomic E-state index is 12.3. The number of carbonyl (C=O) groups is 1. The molecule has 0 aromatic heterocycles. The Morgan fingerprint density at radius 3 is 2.64 bits per heavy atom. The van der Waals surface area contributed by atoms with Gasteiger partial charge in [-0.3, -0.25) is 9.69 Å². The van der Waals surface area contributed by atoms with E-state index < -0.39 is 0 Å². The second kappa shape index (κ2) is 7.75. The Labute approximate surface area is 133 Å². The monoisotopic (exact) mass is 310 g/mol. The average molecular weight is 310 g/mol. The molecule has 0 N–H and O–H groups in total. The first kappa shape index (κ1) is 16.2. The van der Waals surface area contributed by atoms with Crippen LogP contribution >= 0.6 is 0 Å². The summed E-state index contributed by atoms with van der Waals surface area (Å²) in [6, 6.07) is 0. The van der Waals surface area contributed by atoms with E-state index in [0.29, 0.717) is 6.10 Å². The smallest absolute Gasteiger partial charge is 0.251 e. The molecular formula is C17H30N2O3. The lowest BCUT2D eigenvalue weighted by atomic mass is 9.86. The number of methoxy groups -OCH3 is 1. The van der Waals surface area contributed by atoms with Gasteiger partial charge >= 0.3 is 0 Å². The topological polar surface area (TPSA) is 42.0 Å². The molecule has 2 aliphatic heterocycles. The number of hydrogen-bond donors (Lipinski definition) is 0. The highest BCUT2D eigenvalue weighted by molar-refractivity contribution is 5.81. The molecule has 0 spiro atoms. The van der Waals surface area contributed by atoms with Gasteiger partial charge in [0.05, 0.1) is 6.10 Å². The van der Waals surface area contributed by atoms with Crippen molar-refractivity contribution >= 4 is 5.91 Å². The minimum atomic E-state index is -0.160. The standard InChI is InChI=1S/C17H30N2O3/c1-21-15-5-2-4-14(12-15)13-18-7-9-19(10-8-18)17(20)16-6-3-11-22-16/h14-16H,2-13H2,1H3. The molecule has 1 saturated carbocycles. The summed E-state index contributed by atoms with van der Waals surface area (Å²) in [6.07, 6.45) is 7.27. The molecule has 1 aliphatic carbocycles. The minimum Gasteiger partial charge on any atom is -0.381 e. The van der Waals surface area contributed by atoms with Crippen molar-refractivity contribution in [2.24, 2.45) is 5.92 Å². The second-order valence-electron chi connectivity index (χ2n) is 7.02. The normalized spacial score (nSPS) is 34.0. The third kappa shape index (κ3) is 4.00. The summed E-state index contributed by atoms with van der Waals surface area (Å²) in [5.74, 6) is 0.980. The van der Waals surface area contributed by atoms with Gasteiger partial charge in [0.1, 0.15) is 6.10 Å². The molecule has 0 aromatic rings. The molecule has 3 atom stereocenters. The Bertz CT molecular complexity index is 363. The fourth-order valence-electron chi connectivity index (χ4n) is 4.11. The molecule has 5 heteroatoms. The van der Waals surface area contributed by atoms with E-state index >= 15 is 0 Å². The molecule has 5 nitrogen and oxygen atoms in total. The van der Waals surface area contributed by atoms with Crippen molar-refractivity contribution in [3.63, 3.8) is 0 Å². The molecule has 2 heterocycles. The molecule has 3 unspecified atom stereocenters. The number of carbonyl (C=O) groups excluding carboxylic acids is 1. The minimum absolute atomic E-state index is 0.160. The summed E-state index contributed by atoms with van der Waals surface area (Å²) in [5.41, 5.74) is 0. The Kier molecular flexibility index (Phi) is 5.71. The summed E-state index contributed by atoms with van der Waals surface area (Å²) in [6.45, 7) is 5.65. The molecule has 22 heavy (non-hydrogen) atoms. The zero-order chi connectivity index (χ0) is 15.4. The second-order valence-corrected chi connectivity index (χ2v) is 7.02. The van der Waals surface area contributed by atoms with Crippen molar-refractivity contribution in [1.29, 1.82) is 0 Å². The lowest BCUT2D eigenvalue weighted by Crippen LogP contribution is -2.52. The van der Waals surface area contributed by atoms with Gasteiger partial charge < -0.3 is 14.4 Å². The van der Waals surface area contributed by atoms with E-state index in [1.807, 2.05) is 12.0 Å². The predicted molar refractivity (Wildman–Crippen MR) is 84.7 cm³/mol. The van der Waals surface area contributed by atoms with Crippen LogP contribution in [-0.4, -0.2) is 74.4 Å². The summed E-state index contributed by atoms with van der Waals surface area (Å²) in [4.78, 5) is 16.9. The number of nitrogens with zero attached hydrogens (tertiary/aromatic N) is 2. The van der Waals surface area contributed by atoms with E-state index in [4.69, 9.17) is 9.47 Å².